The van der Waals surface area contributed by atoms with Crippen molar-refractivity contribution in [2.75, 3.05) is 12.3 Å². The first-order valence-corrected chi connectivity index (χ1v) is 8.97. The Morgan fingerprint density at radius 3 is 2.64 bits per heavy atom. The maximum absolute atomic E-state index is 13.1. The molecule has 0 aliphatic rings. The predicted molar refractivity (Wildman–Crippen MR) is 110 cm³/mol. The summed E-state index contributed by atoms with van der Waals surface area (Å²) in [6, 6.07) is 16.4. The van der Waals surface area contributed by atoms with E-state index < -0.39 is 6.04 Å². The Labute approximate surface area is 161 Å². The molecule has 0 saturated carbocycles. The average Bonchev–Trinajstić information content (AvgIpc) is 2.70. The van der Waals surface area contributed by atoms with Gasteiger partial charge in [-0.1, -0.05) is 35.9 Å². The van der Waals surface area contributed by atoms with Crippen LogP contribution in [-0.4, -0.2) is 26.2 Å². The molecule has 6 heteroatoms. The highest BCUT2D eigenvalue weighted by molar-refractivity contribution is 5.83. The SMILES string of the molecule is Cc1cccc(C(CO)n2cnc3cc(-c4ccnc(N)c4)ccc3c2=O)c1. The molecule has 0 spiro atoms. The number of nitrogen functional groups attached to an aromatic ring is 1. The van der Waals surface area contributed by atoms with Crippen LogP contribution in [0.4, 0.5) is 5.82 Å². The molecule has 1 atom stereocenters. The maximum atomic E-state index is 13.1. The van der Waals surface area contributed by atoms with Crippen molar-refractivity contribution in [1.82, 2.24) is 14.5 Å². The number of nitrogens with two attached hydrogens (primary N) is 1. The molecule has 28 heavy (non-hydrogen) atoms. The molecule has 2 heterocycles. The van der Waals surface area contributed by atoms with Crippen molar-refractivity contribution in [1.29, 1.82) is 0 Å². The lowest BCUT2D eigenvalue weighted by Crippen LogP contribution is -2.28. The summed E-state index contributed by atoms with van der Waals surface area (Å²) in [5.41, 5.74) is 9.92. The van der Waals surface area contributed by atoms with Crippen LogP contribution >= 0.6 is 0 Å². The van der Waals surface area contributed by atoms with Crippen LogP contribution in [0.5, 0.6) is 0 Å². The molecule has 0 aliphatic heterocycles. The van der Waals surface area contributed by atoms with Crippen molar-refractivity contribution in [3.05, 3.63) is 88.6 Å². The van der Waals surface area contributed by atoms with E-state index in [1.807, 2.05) is 49.4 Å². The number of nitrogens with zero attached hydrogens (tertiary/aromatic N) is 3. The average molecular weight is 372 g/mol. The zero-order valence-corrected chi connectivity index (χ0v) is 15.4. The van der Waals surface area contributed by atoms with Gasteiger partial charge >= 0.3 is 0 Å². The van der Waals surface area contributed by atoms with Gasteiger partial charge < -0.3 is 10.8 Å². The van der Waals surface area contributed by atoms with Crippen molar-refractivity contribution in [3.63, 3.8) is 0 Å². The first-order valence-electron chi connectivity index (χ1n) is 8.97. The van der Waals surface area contributed by atoms with Gasteiger partial charge in [0.05, 0.1) is 29.9 Å². The fourth-order valence-corrected chi connectivity index (χ4v) is 3.40. The van der Waals surface area contributed by atoms with Crippen molar-refractivity contribution < 1.29 is 5.11 Å². The minimum atomic E-state index is -0.482. The summed E-state index contributed by atoms with van der Waals surface area (Å²) in [6.45, 7) is 1.79. The van der Waals surface area contributed by atoms with E-state index in [-0.39, 0.29) is 12.2 Å². The number of pyridine rings is 1. The zero-order chi connectivity index (χ0) is 19.7. The second-order valence-electron chi connectivity index (χ2n) is 6.77. The largest absolute Gasteiger partial charge is 0.394 e. The van der Waals surface area contributed by atoms with Crippen LogP contribution in [-0.2, 0) is 0 Å². The minimum absolute atomic E-state index is 0.189. The molecular formula is C22H20N4O2. The number of anilines is 1. The Hall–Kier alpha value is -3.51. The lowest BCUT2D eigenvalue weighted by atomic mass is 10.0. The maximum Gasteiger partial charge on any atom is 0.261 e. The number of aromatic nitrogens is 3. The highest BCUT2D eigenvalue weighted by atomic mass is 16.3. The molecule has 0 bridgehead atoms. The number of benzene rings is 2. The van der Waals surface area contributed by atoms with Gasteiger partial charge in [0.25, 0.3) is 5.56 Å². The van der Waals surface area contributed by atoms with Gasteiger partial charge in [-0.15, -0.1) is 0 Å². The Morgan fingerprint density at radius 2 is 1.89 bits per heavy atom. The summed E-state index contributed by atoms with van der Waals surface area (Å²) in [4.78, 5) is 21.5. The van der Waals surface area contributed by atoms with E-state index in [0.29, 0.717) is 16.7 Å². The van der Waals surface area contributed by atoms with Crippen LogP contribution in [0, 0.1) is 6.92 Å². The Balaban J connectivity index is 1.81. The number of fused-ring (bicyclic) bond motifs is 1. The molecular weight excluding hydrogens is 352 g/mol. The molecule has 6 nitrogen and oxygen atoms in total. The Kier molecular flexibility index (Phi) is 4.63. The highest BCUT2D eigenvalue weighted by Gasteiger charge is 2.16. The third kappa shape index (κ3) is 3.25. The van der Waals surface area contributed by atoms with E-state index in [1.165, 1.54) is 10.9 Å². The molecule has 3 N–H and O–H groups in total. The molecule has 2 aromatic carbocycles. The molecule has 0 saturated heterocycles. The lowest BCUT2D eigenvalue weighted by Gasteiger charge is -2.18. The Morgan fingerprint density at radius 1 is 1.07 bits per heavy atom. The van der Waals surface area contributed by atoms with E-state index >= 15 is 0 Å². The summed E-state index contributed by atoms with van der Waals surface area (Å²) >= 11 is 0. The standard InChI is InChI=1S/C22H20N4O2/c1-14-3-2-4-17(9-14)20(12-27)26-13-25-19-10-15(5-6-18(19)22(26)28)16-7-8-24-21(23)11-16/h2-11,13,20,27H,12H2,1H3,(H2,23,24). The van der Waals surface area contributed by atoms with Gasteiger partial charge in [-0.25, -0.2) is 9.97 Å². The summed E-state index contributed by atoms with van der Waals surface area (Å²) < 4.78 is 1.49. The van der Waals surface area contributed by atoms with Gasteiger partial charge in [0.1, 0.15) is 5.82 Å². The summed E-state index contributed by atoms with van der Waals surface area (Å²) in [6.07, 6.45) is 3.15. The monoisotopic (exact) mass is 372 g/mol. The van der Waals surface area contributed by atoms with Crippen molar-refractivity contribution >= 4 is 16.7 Å². The quantitative estimate of drug-likeness (QED) is 0.574. The normalized spacial score (nSPS) is 12.2. The molecule has 4 aromatic rings. The van der Waals surface area contributed by atoms with Gasteiger partial charge in [0, 0.05) is 6.20 Å². The van der Waals surface area contributed by atoms with Crippen LogP contribution in [0.15, 0.2) is 71.9 Å². The van der Waals surface area contributed by atoms with E-state index in [1.54, 1.807) is 18.3 Å². The Bertz CT molecular complexity index is 1220. The lowest BCUT2D eigenvalue weighted by molar-refractivity contribution is 0.246. The van der Waals surface area contributed by atoms with Gasteiger partial charge in [-0.3, -0.25) is 9.36 Å². The molecule has 0 amide bonds. The first kappa shape index (κ1) is 17.9. The molecule has 2 aromatic heterocycles. The van der Waals surface area contributed by atoms with Crippen LogP contribution < -0.4 is 11.3 Å². The van der Waals surface area contributed by atoms with E-state index in [0.717, 1.165) is 22.3 Å². The number of hydrogen-bond acceptors (Lipinski definition) is 5. The predicted octanol–water partition coefficient (Wildman–Crippen LogP) is 2.93. The van der Waals surface area contributed by atoms with Crippen LogP contribution in [0.1, 0.15) is 17.2 Å². The van der Waals surface area contributed by atoms with Crippen molar-refractivity contribution in [2.45, 2.75) is 13.0 Å². The zero-order valence-electron chi connectivity index (χ0n) is 15.4. The topological polar surface area (TPSA) is 94.0 Å². The molecule has 4 rings (SSSR count). The van der Waals surface area contributed by atoms with E-state index in [9.17, 15) is 9.90 Å². The van der Waals surface area contributed by atoms with Gasteiger partial charge in [0.15, 0.2) is 0 Å². The third-order valence-corrected chi connectivity index (χ3v) is 4.83. The smallest absolute Gasteiger partial charge is 0.261 e. The van der Waals surface area contributed by atoms with Crippen molar-refractivity contribution in [2.24, 2.45) is 0 Å². The van der Waals surface area contributed by atoms with Gasteiger partial charge in [0.2, 0.25) is 0 Å². The number of aliphatic hydroxyl groups excluding tert-OH is 1. The van der Waals surface area contributed by atoms with Gasteiger partial charge in [-0.05, 0) is 47.9 Å². The fraction of sp³-hybridized carbons (Fsp3) is 0.136. The fourth-order valence-electron chi connectivity index (χ4n) is 3.40. The van der Waals surface area contributed by atoms with Crippen LogP contribution in [0.3, 0.4) is 0 Å². The third-order valence-electron chi connectivity index (χ3n) is 4.83. The summed E-state index contributed by atoms with van der Waals surface area (Å²) in [5.74, 6) is 0.435. The van der Waals surface area contributed by atoms with Gasteiger partial charge in [-0.2, -0.15) is 0 Å². The number of aliphatic hydroxyl groups is 1. The highest BCUT2D eigenvalue weighted by Crippen LogP contribution is 2.24. The summed E-state index contributed by atoms with van der Waals surface area (Å²) in [7, 11) is 0. The first-order chi connectivity index (χ1) is 13.6. The summed E-state index contributed by atoms with van der Waals surface area (Å²) in [5, 5.41) is 10.4. The second kappa shape index (κ2) is 7.25. The van der Waals surface area contributed by atoms with E-state index in [4.69, 9.17) is 5.73 Å². The van der Waals surface area contributed by atoms with Crippen LogP contribution in [0.2, 0.25) is 0 Å². The van der Waals surface area contributed by atoms with Crippen LogP contribution in [0.25, 0.3) is 22.0 Å². The minimum Gasteiger partial charge on any atom is -0.394 e. The van der Waals surface area contributed by atoms with Crippen molar-refractivity contribution in [3.8, 4) is 11.1 Å². The number of hydrogen-bond donors (Lipinski definition) is 2. The molecule has 0 aliphatic carbocycles. The second-order valence-corrected chi connectivity index (χ2v) is 6.77. The molecule has 140 valence electrons. The molecule has 1 unspecified atom stereocenters. The molecule has 0 fully saturated rings. The molecule has 0 radical (unpaired) electrons. The van der Waals surface area contributed by atoms with E-state index in [2.05, 4.69) is 9.97 Å². The number of rotatable bonds is 4. The number of aryl methyl sites for hydroxylation is 1.